The zero-order chi connectivity index (χ0) is 22.9. The number of carbonyl (C=O) groups is 1. The number of hydrogen-bond donors (Lipinski definition) is 0. The summed E-state index contributed by atoms with van der Waals surface area (Å²) in [5.74, 6) is 1.19. The van der Waals surface area contributed by atoms with Crippen molar-refractivity contribution in [1.29, 1.82) is 0 Å². The molecular weight excluding hydrogens is 436 g/mol. The maximum Gasteiger partial charge on any atom is 0.247 e. The lowest BCUT2D eigenvalue weighted by Gasteiger charge is -2.22. The van der Waals surface area contributed by atoms with Gasteiger partial charge in [-0.2, -0.15) is 0 Å². The van der Waals surface area contributed by atoms with Gasteiger partial charge in [-0.25, -0.2) is 0 Å². The van der Waals surface area contributed by atoms with Crippen LogP contribution in [0.5, 0.6) is 5.75 Å². The van der Waals surface area contributed by atoms with Gasteiger partial charge in [-0.1, -0.05) is 48.0 Å². The molecule has 1 aromatic heterocycles. The van der Waals surface area contributed by atoms with Crippen LogP contribution in [0, 0.1) is 5.92 Å². The lowest BCUT2D eigenvalue weighted by molar-refractivity contribution is -0.127. The number of amides is 1. The van der Waals surface area contributed by atoms with E-state index in [0.717, 1.165) is 42.1 Å². The van der Waals surface area contributed by atoms with Crippen molar-refractivity contribution in [3.8, 4) is 5.75 Å². The lowest BCUT2D eigenvalue weighted by atomic mass is 10.1. The topological polar surface area (TPSA) is 51.7 Å². The summed E-state index contributed by atoms with van der Waals surface area (Å²) in [5.41, 5.74) is 2.80. The van der Waals surface area contributed by atoms with E-state index < -0.39 is 0 Å². The Hall–Kier alpha value is -3.15. The summed E-state index contributed by atoms with van der Waals surface area (Å²) in [6, 6.07) is 19.2. The van der Waals surface area contributed by atoms with E-state index in [1.165, 1.54) is 0 Å². The van der Waals surface area contributed by atoms with Crippen molar-refractivity contribution in [3.63, 3.8) is 0 Å². The van der Waals surface area contributed by atoms with E-state index in [-0.39, 0.29) is 5.91 Å². The summed E-state index contributed by atoms with van der Waals surface area (Å²) in [6.45, 7) is 3.18. The highest BCUT2D eigenvalue weighted by Crippen LogP contribution is 2.20. The average molecular weight is 463 g/mol. The fourth-order valence-electron chi connectivity index (χ4n) is 3.64. The quantitative estimate of drug-likeness (QED) is 0.400. The third-order valence-electron chi connectivity index (χ3n) is 5.53. The summed E-state index contributed by atoms with van der Waals surface area (Å²) >= 11 is 6.23. The van der Waals surface area contributed by atoms with Gasteiger partial charge in [0.1, 0.15) is 5.75 Å². The van der Waals surface area contributed by atoms with E-state index in [9.17, 15) is 4.79 Å². The van der Waals surface area contributed by atoms with Crippen molar-refractivity contribution < 1.29 is 14.3 Å². The Morgan fingerprint density at radius 3 is 2.64 bits per heavy atom. The molecule has 1 aliphatic rings. The number of hydrogen-bond acceptors (Lipinski definition) is 4. The first kappa shape index (κ1) is 23.0. The van der Waals surface area contributed by atoms with Gasteiger partial charge in [-0.15, -0.1) is 0 Å². The second kappa shape index (κ2) is 11.6. The van der Waals surface area contributed by atoms with Gasteiger partial charge in [0, 0.05) is 49.1 Å². The van der Waals surface area contributed by atoms with E-state index in [2.05, 4.69) is 4.98 Å². The van der Waals surface area contributed by atoms with Gasteiger partial charge in [0.15, 0.2) is 0 Å². The van der Waals surface area contributed by atoms with E-state index in [1.807, 2.05) is 60.7 Å². The molecule has 1 amide bonds. The molecule has 33 heavy (non-hydrogen) atoms. The van der Waals surface area contributed by atoms with Gasteiger partial charge in [0.25, 0.3) is 0 Å². The molecular formula is C27H27ClN2O3. The van der Waals surface area contributed by atoms with Crippen LogP contribution in [0.4, 0.5) is 0 Å². The highest BCUT2D eigenvalue weighted by molar-refractivity contribution is 6.32. The molecule has 4 rings (SSSR count). The van der Waals surface area contributed by atoms with Crippen LogP contribution in [0.25, 0.3) is 6.08 Å². The number of pyridine rings is 1. The van der Waals surface area contributed by atoms with Crippen LogP contribution in [-0.2, 0) is 22.6 Å². The highest BCUT2D eigenvalue weighted by Gasteiger charge is 2.16. The van der Waals surface area contributed by atoms with Crippen molar-refractivity contribution in [2.24, 2.45) is 5.92 Å². The summed E-state index contributed by atoms with van der Waals surface area (Å²) in [5, 5.41) is 0.611. The Kier molecular flexibility index (Phi) is 8.12. The number of rotatable bonds is 9. The van der Waals surface area contributed by atoms with Gasteiger partial charge < -0.3 is 14.4 Å². The highest BCUT2D eigenvalue weighted by atomic mass is 35.5. The minimum atomic E-state index is -0.0969. The van der Waals surface area contributed by atoms with Crippen molar-refractivity contribution in [2.75, 3.05) is 19.8 Å². The van der Waals surface area contributed by atoms with E-state index in [4.69, 9.17) is 21.1 Å². The Balaban J connectivity index is 1.43. The lowest BCUT2D eigenvalue weighted by Crippen LogP contribution is -2.28. The summed E-state index contributed by atoms with van der Waals surface area (Å²) in [7, 11) is 0. The molecule has 170 valence electrons. The largest absolute Gasteiger partial charge is 0.493 e. The minimum Gasteiger partial charge on any atom is -0.493 e. The van der Waals surface area contributed by atoms with Crippen LogP contribution in [0.3, 0.4) is 0 Å². The molecule has 5 nitrogen and oxygen atoms in total. The number of halogens is 1. The fourth-order valence-corrected chi connectivity index (χ4v) is 3.84. The summed E-state index contributed by atoms with van der Waals surface area (Å²) in [4.78, 5) is 19.1. The van der Waals surface area contributed by atoms with Crippen LogP contribution in [0.1, 0.15) is 23.1 Å². The molecule has 2 heterocycles. The number of ether oxygens (including phenoxy) is 2. The Labute approximate surface area is 199 Å². The van der Waals surface area contributed by atoms with Gasteiger partial charge in [-0.05, 0) is 53.5 Å². The molecule has 0 N–H and O–H groups in total. The van der Waals surface area contributed by atoms with Crippen LogP contribution >= 0.6 is 11.6 Å². The molecule has 1 aliphatic heterocycles. The smallest absolute Gasteiger partial charge is 0.247 e. The molecule has 0 radical (unpaired) electrons. The molecule has 1 fully saturated rings. The fraction of sp³-hybridized carbons (Fsp3) is 0.259. The normalized spacial score (nSPS) is 15.6. The monoisotopic (exact) mass is 462 g/mol. The number of aromatic nitrogens is 1. The number of benzene rings is 2. The number of carbonyl (C=O) groups excluding carboxylic acids is 1. The zero-order valence-electron chi connectivity index (χ0n) is 18.4. The van der Waals surface area contributed by atoms with Crippen LogP contribution in [-0.4, -0.2) is 35.6 Å². The molecule has 3 aromatic rings. The number of nitrogens with zero attached hydrogens (tertiary/aromatic N) is 2. The van der Waals surface area contributed by atoms with Gasteiger partial charge in [-0.3, -0.25) is 9.78 Å². The first-order valence-corrected chi connectivity index (χ1v) is 11.4. The van der Waals surface area contributed by atoms with Crippen LogP contribution in [0.2, 0.25) is 5.02 Å². The molecule has 0 spiro atoms. The molecule has 6 heteroatoms. The maximum atomic E-state index is 13.1. The van der Waals surface area contributed by atoms with E-state index in [0.29, 0.717) is 30.6 Å². The Morgan fingerprint density at radius 1 is 1.09 bits per heavy atom. The summed E-state index contributed by atoms with van der Waals surface area (Å²) in [6.07, 6.45) is 7.87. The predicted octanol–water partition coefficient (Wildman–Crippen LogP) is 5.39. The van der Waals surface area contributed by atoms with E-state index >= 15 is 0 Å². The molecule has 1 saturated heterocycles. The van der Waals surface area contributed by atoms with Gasteiger partial charge in [0.05, 0.1) is 13.2 Å². The third-order valence-corrected chi connectivity index (χ3v) is 5.87. The van der Waals surface area contributed by atoms with Crippen LogP contribution < -0.4 is 4.74 Å². The first-order chi connectivity index (χ1) is 16.2. The second-order valence-electron chi connectivity index (χ2n) is 8.09. The molecule has 2 aromatic carbocycles. The molecule has 0 saturated carbocycles. The van der Waals surface area contributed by atoms with Gasteiger partial charge >= 0.3 is 0 Å². The molecule has 0 bridgehead atoms. The van der Waals surface area contributed by atoms with Crippen molar-refractivity contribution >= 4 is 23.6 Å². The van der Waals surface area contributed by atoms with Crippen molar-refractivity contribution in [3.05, 3.63) is 101 Å². The molecule has 0 aliphatic carbocycles. The average Bonchev–Trinajstić information content (AvgIpc) is 3.37. The third kappa shape index (κ3) is 6.91. The van der Waals surface area contributed by atoms with Crippen LogP contribution in [0.15, 0.2) is 79.1 Å². The predicted molar refractivity (Wildman–Crippen MR) is 130 cm³/mol. The standard InChI is InChI=1S/C27H27ClN2O3/c28-26-6-2-1-5-24(26)9-12-27(31)30(18-22-4-3-14-29-16-22)17-21-7-10-25(11-8-21)33-20-23-13-15-32-19-23/h1-12,14,16,23H,13,15,17-20H2. The zero-order valence-corrected chi connectivity index (χ0v) is 19.2. The molecule has 1 atom stereocenters. The Bertz CT molecular complexity index is 1060. The minimum absolute atomic E-state index is 0.0969. The van der Waals surface area contributed by atoms with Gasteiger partial charge in [0.2, 0.25) is 5.91 Å². The Morgan fingerprint density at radius 2 is 1.91 bits per heavy atom. The summed E-state index contributed by atoms with van der Waals surface area (Å²) < 4.78 is 11.3. The first-order valence-electron chi connectivity index (χ1n) is 11.1. The van der Waals surface area contributed by atoms with E-state index in [1.54, 1.807) is 29.4 Å². The second-order valence-corrected chi connectivity index (χ2v) is 8.50. The molecule has 1 unspecified atom stereocenters. The van der Waals surface area contributed by atoms with Crippen molar-refractivity contribution in [1.82, 2.24) is 9.88 Å². The SMILES string of the molecule is O=C(C=Cc1ccccc1Cl)N(Cc1ccc(OCC2CCOC2)cc1)Cc1cccnc1. The maximum absolute atomic E-state index is 13.1. The van der Waals surface area contributed by atoms with Crippen molar-refractivity contribution in [2.45, 2.75) is 19.5 Å².